The van der Waals surface area contributed by atoms with Crippen molar-refractivity contribution in [1.29, 1.82) is 0 Å². The SMILES string of the molecule is C/C(=N/OCCO)c1ccc2nnc([C@H](C)c3cc4cccnc4cc3F)n2n1. The Bertz CT molecular complexity index is 1210. The predicted molar refractivity (Wildman–Crippen MR) is 105 cm³/mol. The van der Waals surface area contributed by atoms with Crippen molar-refractivity contribution >= 4 is 22.3 Å². The van der Waals surface area contributed by atoms with Crippen molar-refractivity contribution in [1.82, 2.24) is 24.8 Å². The lowest BCUT2D eigenvalue weighted by atomic mass is 9.98. The monoisotopic (exact) mass is 394 g/mol. The molecule has 0 aliphatic rings. The molecular weight excluding hydrogens is 375 g/mol. The molecule has 0 aliphatic heterocycles. The van der Waals surface area contributed by atoms with E-state index in [1.807, 2.05) is 19.1 Å². The number of aliphatic hydroxyl groups is 1. The number of benzene rings is 1. The normalized spacial score (nSPS) is 13.2. The second-order valence-electron chi connectivity index (χ2n) is 6.57. The average molecular weight is 394 g/mol. The Balaban J connectivity index is 1.75. The minimum Gasteiger partial charge on any atom is -0.393 e. The summed E-state index contributed by atoms with van der Waals surface area (Å²) in [5.74, 6) is -0.236. The van der Waals surface area contributed by atoms with Crippen LogP contribution in [0.15, 0.2) is 47.8 Å². The van der Waals surface area contributed by atoms with Gasteiger partial charge in [-0.25, -0.2) is 4.39 Å². The van der Waals surface area contributed by atoms with Crippen LogP contribution in [0.3, 0.4) is 0 Å². The lowest BCUT2D eigenvalue weighted by Gasteiger charge is -2.12. The number of aromatic nitrogens is 5. The molecule has 8 nitrogen and oxygen atoms in total. The summed E-state index contributed by atoms with van der Waals surface area (Å²) in [6.45, 7) is 3.58. The van der Waals surface area contributed by atoms with Crippen LogP contribution in [0.1, 0.15) is 36.8 Å². The minimum atomic E-state index is -0.389. The second kappa shape index (κ2) is 7.88. The first-order chi connectivity index (χ1) is 14.1. The number of rotatable bonds is 6. The fraction of sp³-hybridized carbons (Fsp3) is 0.250. The third-order valence-electron chi connectivity index (χ3n) is 4.62. The van der Waals surface area contributed by atoms with Crippen LogP contribution in [0.5, 0.6) is 0 Å². The highest BCUT2D eigenvalue weighted by molar-refractivity contribution is 5.96. The summed E-state index contributed by atoms with van der Waals surface area (Å²) in [6.07, 6.45) is 1.64. The molecule has 0 bridgehead atoms. The Hall–Kier alpha value is -3.46. The van der Waals surface area contributed by atoms with Crippen molar-refractivity contribution in [2.24, 2.45) is 5.16 Å². The molecule has 0 radical (unpaired) electrons. The fourth-order valence-electron chi connectivity index (χ4n) is 3.08. The maximum atomic E-state index is 14.8. The predicted octanol–water partition coefficient (Wildman–Crippen LogP) is 2.70. The topological polar surface area (TPSA) is 97.8 Å². The molecule has 1 aromatic carbocycles. The summed E-state index contributed by atoms with van der Waals surface area (Å²) in [5.41, 5.74) is 2.73. The first kappa shape index (κ1) is 18.9. The van der Waals surface area contributed by atoms with Gasteiger partial charge in [0.1, 0.15) is 23.8 Å². The van der Waals surface area contributed by atoms with Gasteiger partial charge in [0.2, 0.25) is 0 Å². The highest BCUT2D eigenvalue weighted by atomic mass is 19.1. The van der Waals surface area contributed by atoms with Crippen molar-refractivity contribution in [2.45, 2.75) is 19.8 Å². The number of hydrogen-bond acceptors (Lipinski definition) is 7. The van der Waals surface area contributed by atoms with Crippen LogP contribution in [0.2, 0.25) is 0 Å². The van der Waals surface area contributed by atoms with E-state index in [0.29, 0.717) is 34.0 Å². The van der Waals surface area contributed by atoms with Crippen LogP contribution in [0.25, 0.3) is 16.6 Å². The molecule has 3 heterocycles. The Morgan fingerprint density at radius 3 is 2.97 bits per heavy atom. The maximum absolute atomic E-state index is 14.8. The highest BCUT2D eigenvalue weighted by Crippen LogP contribution is 2.28. The molecule has 0 amide bonds. The number of hydrogen-bond donors (Lipinski definition) is 1. The van der Waals surface area contributed by atoms with Gasteiger partial charge in [0.05, 0.1) is 12.1 Å². The van der Waals surface area contributed by atoms with Crippen molar-refractivity contribution in [3.63, 3.8) is 0 Å². The summed E-state index contributed by atoms with van der Waals surface area (Å²) in [6, 6.07) is 10.4. The van der Waals surface area contributed by atoms with E-state index >= 15 is 0 Å². The van der Waals surface area contributed by atoms with Gasteiger partial charge in [-0.05, 0) is 36.8 Å². The Kier molecular flexibility index (Phi) is 5.13. The molecule has 0 saturated heterocycles. The maximum Gasteiger partial charge on any atom is 0.177 e. The van der Waals surface area contributed by atoms with Gasteiger partial charge in [-0.3, -0.25) is 4.98 Å². The van der Waals surface area contributed by atoms with Gasteiger partial charge in [0.15, 0.2) is 11.5 Å². The van der Waals surface area contributed by atoms with Crippen molar-refractivity contribution in [3.05, 3.63) is 65.5 Å². The molecule has 0 unspecified atom stereocenters. The molecule has 29 heavy (non-hydrogen) atoms. The number of fused-ring (bicyclic) bond motifs is 2. The third-order valence-corrected chi connectivity index (χ3v) is 4.62. The molecule has 4 rings (SSSR count). The van der Waals surface area contributed by atoms with Gasteiger partial charge in [-0.15, -0.1) is 10.2 Å². The van der Waals surface area contributed by atoms with E-state index in [9.17, 15) is 4.39 Å². The Morgan fingerprint density at radius 1 is 1.28 bits per heavy atom. The van der Waals surface area contributed by atoms with Gasteiger partial charge < -0.3 is 9.94 Å². The zero-order chi connectivity index (χ0) is 20.4. The number of halogens is 1. The summed E-state index contributed by atoms with van der Waals surface area (Å²) >= 11 is 0. The van der Waals surface area contributed by atoms with E-state index in [2.05, 4.69) is 25.4 Å². The smallest absolute Gasteiger partial charge is 0.177 e. The molecule has 0 aliphatic carbocycles. The standard InChI is InChI=1S/C20H19FN6O2/c1-12(15-10-14-4-3-7-22-18(14)11-16(15)21)20-24-23-19-6-5-17(25-27(19)20)13(2)26-29-9-8-28/h3-7,10-12,28H,8-9H2,1-2H3/b26-13-/t12-/m1/s1. The van der Waals surface area contributed by atoms with Crippen molar-refractivity contribution < 1.29 is 14.3 Å². The minimum absolute atomic E-state index is 0.102. The molecule has 1 atom stereocenters. The quantitative estimate of drug-likeness (QED) is 0.307. The molecule has 148 valence electrons. The lowest BCUT2D eigenvalue weighted by Crippen LogP contribution is -2.10. The zero-order valence-corrected chi connectivity index (χ0v) is 15.9. The van der Waals surface area contributed by atoms with Crippen LogP contribution >= 0.6 is 0 Å². The average Bonchev–Trinajstić information content (AvgIpc) is 3.16. The van der Waals surface area contributed by atoms with Crippen molar-refractivity contribution in [3.8, 4) is 0 Å². The largest absolute Gasteiger partial charge is 0.393 e. The van der Waals surface area contributed by atoms with Crippen LogP contribution in [0.4, 0.5) is 4.39 Å². The highest BCUT2D eigenvalue weighted by Gasteiger charge is 2.21. The molecule has 0 fully saturated rings. The molecule has 3 aromatic heterocycles. The van der Waals surface area contributed by atoms with Gasteiger partial charge in [-0.2, -0.15) is 9.61 Å². The summed E-state index contributed by atoms with van der Waals surface area (Å²) in [7, 11) is 0. The summed E-state index contributed by atoms with van der Waals surface area (Å²) in [5, 5.41) is 26.5. The lowest BCUT2D eigenvalue weighted by molar-refractivity contribution is 0.0986. The van der Waals surface area contributed by atoms with E-state index in [1.54, 1.807) is 35.8 Å². The zero-order valence-electron chi connectivity index (χ0n) is 15.9. The van der Waals surface area contributed by atoms with E-state index in [1.165, 1.54) is 6.07 Å². The number of pyridine rings is 1. The third kappa shape index (κ3) is 3.64. The van der Waals surface area contributed by atoms with Crippen LogP contribution in [-0.2, 0) is 4.84 Å². The summed E-state index contributed by atoms with van der Waals surface area (Å²) in [4.78, 5) is 9.19. The van der Waals surface area contributed by atoms with E-state index < -0.39 is 0 Å². The molecule has 4 aromatic rings. The Labute approximate surface area is 165 Å². The number of nitrogens with zero attached hydrogens (tertiary/aromatic N) is 6. The van der Waals surface area contributed by atoms with E-state index in [4.69, 9.17) is 9.94 Å². The number of oxime groups is 1. The molecule has 9 heteroatoms. The number of aliphatic hydroxyl groups excluding tert-OH is 1. The molecular formula is C20H19FN6O2. The van der Waals surface area contributed by atoms with Gasteiger partial charge in [0, 0.05) is 23.6 Å². The molecule has 0 saturated carbocycles. The Morgan fingerprint density at radius 2 is 2.14 bits per heavy atom. The van der Waals surface area contributed by atoms with Crippen LogP contribution < -0.4 is 0 Å². The first-order valence-corrected chi connectivity index (χ1v) is 9.13. The molecule has 1 N–H and O–H groups in total. The second-order valence-corrected chi connectivity index (χ2v) is 6.57. The van der Waals surface area contributed by atoms with Crippen LogP contribution in [0, 0.1) is 5.82 Å². The fourth-order valence-corrected chi connectivity index (χ4v) is 3.08. The van der Waals surface area contributed by atoms with Gasteiger partial charge >= 0.3 is 0 Å². The van der Waals surface area contributed by atoms with Crippen LogP contribution in [-0.4, -0.2) is 48.8 Å². The molecule has 0 spiro atoms. The van der Waals surface area contributed by atoms with E-state index in [0.717, 1.165) is 5.39 Å². The van der Waals surface area contributed by atoms with Gasteiger partial charge in [-0.1, -0.05) is 18.1 Å². The van der Waals surface area contributed by atoms with Crippen molar-refractivity contribution in [2.75, 3.05) is 13.2 Å². The van der Waals surface area contributed by atoms with E-state index in [-0.39, 0.29) is 24.9 Å². The van der Waals surface area contributed by atoms with Gasteiger partial charge in [0.25, 0.3) is 0 Å². The summed E-state index contributed by atoms with van der Waals surface area (Å²) < 4.78 is 16.3. The first-order valence-electron chi connectivity index (χ1n) is 9.13.